The van der Waals surface area contributed by atoms with Crippen LogP contribution in [0.4, 0.5) is 0 Å². The van der Waals surface area contributed by atoms with Gasteiger partial charge < -0.3 is 18.8 Å². The first kappa shape index (κ1) is 16.9. The number of aryl methyl sites for hydroxylation is 1. The number of fused-ring (bicyclic) bond motifs is 1. The van der Waals surface area contributed by atoms with E-state index in [1.165, 1.54) is 5.52 Å². The highest BCUT2D eigenvalue weighted by atomic mass is 16.5. The van der Waals surface area contributed by atoms with E-state index in [9.17, 15) is 0 Å². The molecule has 5 nitrogen and oxygen atoms in total. The van der Waals surface area contributed by atoms with Gasteiger partial charge in [0.05, 0.1) is 24.8 Å². The summed E-state index contributed by atoms with van der Waals surface area (Å²) in [6, 6.07) is 16.0. The van der Waals surface area contributed by atoms with Gasteiger partial charge in [-0.05, 0) is 55.7 Å². The molecule has 1 saturated heterocycles. The predicted molar refractivity (Wildman–Crippen MR) is 101 cm³/mol. The van der Waals surface area contributed by atoms with Crippen LogP contribution < -0.4 is 9.47 Å². The number of para-hydroxylation sites is 2. The molecule has 0 N–H and O–H groups in total. The molecule has 136 valence electrons. The van der Waals surface area contributed by atoms with E-state index in [0.29, 0.717) is 6.61 Å². The first-order chi connectivity index (χ1) is 12.8. The molecule has 0 saturated carbocycles. The Kier molecular flexibility index (Phi) is 5.07. The van der Waals surface area contributed by atoms with Gasteiger partial charge in [-0.15, -0.1) is 0 Å². The van der Waals surface area contributed by atoms with E-state index in [1.807, 2.05) is 30.3 Å². The second-order valence-corrected chi connectivity index (χ2v) is 6.49. The molecule has 1 aliphatic heterocycles. The Labute approximate surface area is 153 Å². The molecule has 0 unspecified atom stereocenters. The fourth-order valence-electron chi connectivity index (χ4n) is 3.44. The lowest BCUT2D eigenvalue weighted by molar-refractivity contribution is 0.102. The van der Waals surface area contributed by atoms with E-state index in [2.05, 4.69) is 22.8 Å². The van der Waals surface area contributed by atoms with Gasteiger partial charge in [0, 0.05) is 13.2 Å². The lowest BCUT2D eigenvalue weighted by Gasteiger charge is -2.14. The molecule has 0 bridgehead atoms. The lowest BCUT2D eigenvalue weighted by Crippen LogP contribution is -2.11. The number of imidazole rings is 1. The molecule has 1 aliphatic rings. The van der Waals surface area contributed by atoms with Crippen molar-refractivity contribution < 1.29 is 14.2 Å². The predicted octanol–water partition coefficient (Wildman–Crippen LogP) is 4.37. The Bertz CT molecular complexity index is 851. The van der Waals surface area contributed by atoms with Gasteiger partial charge in [0.25, 0.3) is 0 Å². The van der Waals surface area contributed by atoms with Crippen molar-refractivity contribution in [3.63, 3.8) is 0 Å². The lowest BCUT2D eigenvalue weighted by atomic mass is 10.2. The van der Waals surface area contributed by atoms with Crippen molar-refractivity contribution in [3.05, 3.63) is 54.4 Å². The van der Waals surface area contributed by atoms with E-state index >= 15 is 0 Å². The van der Waals surface area contributed by atoms with Crippen molar-refractivity contribution in [2.45, 2.75) is 31.9 Å². The highest BCUT2D eigenvalue weighted by molar-refractivity contribution is 5.76. The Morgan fingerprint density at radius 2 is 1.92 bits per heavy atom. The van der Waals surface area contributed by atoms with Crippen LogP contribution in [0.2, 0.25) is 0 Å². The third kappa shape index (κ3) is 3.53. The highest BCUT2D eigenvalue weighted by Gasteiger charge is 2.24. The van der Waals surface area contributed by atoms with Gasteiger partial charge in [0.1, 0.15) is 23.4 Å². The third-order valence-corrected chi connectivity index (χ3v) is 4.76. The quantitative estimate of drug-likeness (QED) is 0.593. The third-order valence-electron chi connectivity index (χ3n) is 4.76. The Balaban J connectivity index is 1.43. The van der Waals surface area contributed by atoms with Crippen LogP contribution >= 0.6 is 0 Å². The molecule has 5 heteroatoms. The zero-order chi connectivity index (χ0) is 17.8. The fourth-order valence-corrected chi connectivity index (χ4v) is 3.44. The van der Waals surface area contributed by atoms with Gasteiger partial charge in [-0.2, -0.15) is 0 Å². The number of nitrogens with zero attached hydrogens (tertiary/aromatic N) is 2. The number of methoxy groups -OCH3 is 1. The van der Waals surface area contributed by atoms with Crippen molar-refractivity contribution in [2.24, 2.45) is 0 Å². The zero-order valence-corrected chi connectivity index (χ0v) is 15.1. The first-order valence-electron chi connectivity index (χ1n) is 9.19. The number of aromatic nitrogens is 2. The molecular weight excluding hydrogens is 328 g/mol. The van der Waals surface area contributed by atoms with E-state index in [1.54, 1.807) is 7.11 Å². The molecule has 1 atom stereocenters. The van der Waals surface area contributed by atoms with Crippen molar-refractivity contribution in [3.8, 4) is 11.5 Å². The average molecular weight is 352 g/mol. The van der Waals surface area contributed by atoms with E-state index < -0.39 is 0 Å². The fraction of sp³-hybridized carbons (Fsp3) is 0.381. The molecular formula is C21H24N2O3. The summed E-state index contributed by atoms with van der Waals surface area (Å²) < 4.78 is 19.2. The minimum Gasteiger partial charge on any atom is -0.497 e. The van der Waals surface area contributed by atoms with Crippen molar-refractivity contribution in [1.82, 2.24) is 9.55 Å². The number of ether oxygens (including phenoxy) is 3. The molecule has 1 aromatic heterocycles. The summed E-state index contributed by atoms with van der Waals surface area (Å²) in [5.74, 6) is 2.75. The molecule has 2 heterocycles. The van der Waals surface area contributed by atoms with E-state index in [0.717, 1.165) is 55.3 Å². The van der Waals surface area contributed by atoms with Gasteiger partial charge in [0.15, 0.2) is 0 Å². The molecule has 4 rings (SSSR count). The Morgan fingerprint density at radius 3 is 2.69 bits per heavy atom. The topological polar surface area (TPSA) is 45.5 Å². The number of benzene rings is 2. The van der Waals surface area contributed by atoms with Crippen molar-refractivity contribution in [2.75, 3.05) is 20.3 Å². The summed E-state index contributed by atoms with van der Waals surface area (Å²) in [6.45, 7) is 2.35. The summed E-state index contributed by atoms with van der Waals surface area (Å²) >= 11 is 0. The summed E-state index contributed by atoms with van der Waals surface area (Å²) in [7, 11) is 1.66. The van der Waals surface area contributed by atoms with Crippen LogP contribution in [-0.2, 0) is 11.3 Å². The van der Waals surface area contributed by atoms with Crippen LogP contribution in [0.25, 0.3) is 11.0 Å². The normalized spacial score (nSPS) is 16.9. The molecule has 2 aromatic carbocycles. The molecule has 26 heavy (non-hydrogen) atoms. The van der Waals surface area contributed by atoms with Gasteiger partial charge >= 0.3 is 0 Å². The SMILES string of the molecule is COc1ccc(OCCCn2c([C@H]3CCCO3)nc3ccccc32)cc1. The summed E-state index contributed by atoms with van der Waals surface area (Å²) in [4.78, 5) is 4.83. The molecule has 1 fully saturated rings. The number of hydrogen-bond donors (Lipinski definition) is 0. The monoisotopic (exact) mass is 352 g/mol. The first-order valence-corrected chi connectivity index (χ1v) is 9.19. The molecule has 0 aliphatic carbocycles. The van der Waals surface area contributed by atoms with Crippen molar-refractivity contribution in [1.29, 1.82) is 0 Å². The van der Waals surface area contributed by atoms with Gasteiger partial charge in [-0.1, -0.05) is 12.1 Å². The van der Waals surface area contributed by atoms with Crippen LogP contribution in [0.5, 0.6) is 11.5 Å². The summed E-state index contributed by atoms with van der Waals surface area (Å²) in [5.41, 5.74) is 2.21. The Morgan fingerprint density at radius 1 is 1.12 bits per heavy atom. The minimum absolute atomic E-state index is 0.116. The van der Waals surface area contributed by atoms with Gasteiger partial charge in [-0.3, -0.25) is 0 Å². The molecule has 0 radical (unpaired) electrons. The van der Waals surface area contributed by atoms with Crippen molar-refractivity contribution >= 4 is 11.0 Å². The van der Waals surface area contributed by atoms with Gasteiger partial charge in [0.2, 0.25) is 0 Å². The molecule has 0 spiro atoms. The number of hydrogen-bond acceptors (Lipinski definition) is 4. The van der Waals surface area contributed by atoms with Gasteiger partial charge in [-0.25, -0.2) is 4.98 Å². The smallest absolute Gasteiger partial charge is 0.139 e. The maximum Gasteiger partial charge on any atom is 0.139 e. The highest BCUT2D eigenvalue weighted by Crippen LogP contribution is 2.30. The van der Waals surface area contributed by atoms with Crippen LogP contribution in [-0.4, -0.2) is 29.9 Å². The van der Waals surface area contributed by atoms with E-state index in [-0.39, 0.29) is 6.10 Å². The summed E-state index contributed by atoms with van der Waals surface area (Å²) in [5, 5.41) is 0. The molecule has 3 aromatic rings. The Hall–Kier alpha value is -2.53. The van der Waals surface area contributed by atoms with Crippen LogP contribution in [0, 0.1) is 0 Å². The van der Waals surface area contributed by atoms with Crippen LogP contribution in [0.3, 0.4) is 0 Å². The zero-order valence-electron chi connectivity index (χ0n) is 15.1. The average Bonchev–Trinajstić information content (AvgIpc) is 3.33. The second kappa shape index (κ2) is 7.79. The second-order valence-electron chi connectivity index (χ2n) is 6.49. The standard InChI is InChI=1S/C21H24N2O3/c1-24-16-9-11-17(12-10-16)25-15-5-13-23-19-7-3-2-6-18(19)22-21(23)20-8-4-14-26-20/h2-3,6-7,9-12,20H,4-5,8,13-15H2,1H3/t20-/m1/s1. The maximum atomic E-state index is 5.88. The van der Waals surface area contributed by atoms with E-state index in [4.69, 9.17) is 19.2 Å². The minimum atomic E-state index is 0.116. The number of rotatable bonds is 7. The largest absolute Gasteiger partial charge is 0.497 e. The maximum absolute atomic E-state index is 5.88. The summed E-state index contributed by atoms with van der Waals surface area (Å²) in [6.07, 6.45) is 3.18. The van der Waals surface area contributed by atoms with Crippen LogP contribution in [0.15, 0.2) is 48.5 Å². The molecule has 0 amide bonds. The van der Waals surface area contributed by atoms with Crippen LogP contribution in [0.1, 0.15) is 31.2 Å².